The summed E-state index contributed by atoms with van der Waals surface area (Å²) in [7, 11) is 0. The maximum atomic E-state index is 12.1. The zero-order valence-electron chi connectivity index (χ0n) is 10.6. The number of carbonyl (C=O) groups excluding carboxylic acids is 1. The maximum Gasteiger partial charge on any atom is 0.338 e. The molecule has 2 N–H and O–H groups in total. The molecule has 0 aliphatic carbocycles. The van der Waals surface area contributed by atoms with E-state index in [1.54, 1.807) is 18.2 Å². The topological polar surface area (TPSA) is 79.3 Å². The number of amides is 1. The summed E-state index contributed by atoms with van der Waals surface area (Å²) in [6.45, 7) is 1.84. The minimum atomic E-state index is -1.20. The Balaban J connectivity index is 2.28. The van der Waals surface area contributed by atoms with E-state index in [-0.39, 0.29) is 11.3 Å². The lowest BCUT2D eigenvalue weighted by molar-refractivity contribution is 0.0691. The van der Waals surface area contributed by atoms with Crippen LogP contribution >= 0.6 is 11.6 Å². The molecule has 0 aliphatic rings. The average molecular weight is 291 g/mol. The Morgan fingerprint density at radius 2 is 2.05 bits per heavy atom. The van der Waals surface area contributed by atoms with E-state index in [1.807, 2.05) is 6.92 Å². The highest BCUT2D eigenvalue weighted by Gasteiger charge is 2.17. The zero-order chi connectivity index (χ0) is 14.7. The molecular formula is C14H11ClN2O3. The van der Waals surface area contributed by atoms with Crippen molar-refractivity contribution in [1.82, 2.24) is 4.98 Å². The molecule has 0 saturated heterocycles. The lowest BCUT2D eigenvalue weighted by Crippen LogP contribution is -2.18. The van der Waals surface area contributed by atoms with Crippen LogP contribution in [0.4, 0.5) is 5.69 Å². The van der Waals surface area contributed by atoms with Crippen molar-refractivity contribution in [2.24, 2.45) is 0 Å². The summed E-state index contributed by atoms with van der Waals surface area (Å²) in [6.07, 6.45) is 1.36. The van der Waals surface area contributed by atoms with Gasteiger partial charge in [0.1, 0.15) is 5.69 Å². The lowest BCUT2D eigenvalue weighted by atomic mass is 10.1. The molecule has 2 rings (SSSR count). The zero-order valence-corrected chi connectivity index (χ0v) is 11.3. The average Bonchev–Trinajstić information content (AvgIpc) is 2.43. The van der Waals surface area contributed by atoms with Crippen LogP contribution in [0.5, 0.6) is 0 Å². The molecule has 102 valence electrons. The summed E-state index contributed by atoms with van der Waals surface area (Å²) in [5.41, 5.74) is 1.07. The van der Waals surface area contributed by atoms with Crippen LogP contribution in [0.1, 0.15) is 26.4 Å². The summed E-state index contributed by atoms with van der Waals surface area (Å²) in [6, 6.07) is 7.82. The van der Waals surface area contributed by atoms with Crippen LogP contribution in [0.3, 0.4) is 0 Å². The van der Waals surface area contributed by atoms with E-state index >= 15 is 0 Å². The van der Waals surface area contributed by atoms with E-state index < -0.39 is 11.9 Å². The fraction of sp³-hybridized carbons (Fsp3) is 0.0714. The van der Waals surface area contributed by atoms with Crippen molar-refractivity contribution in [3.05, 3.63) is 58.4 Å². The third kappa shape index (κ3) is 2.95. The lowest BCUT2D eigenvalue weighted by Gasteiger charge is -2.08. The quantitative estimate of drug-likeness (QED) is 0.911. The Hall–Kier alpha value is -2.40. The number of aromatic carboxylic acids is 1. The van der Waals surface area contributed by atoms with Gasteiger partial charge in [0.05, 0.1) is 5.56 Å². The first-order chi connectivity index (χ1) is 9.49. The molecular weight excluding hydrogens is 280 g/mol. The Bertz CT molecular complexity index is 686. The maximum absolute atomic E-state index is 12.1. The van der Waals surface area contributed by atoms with Gasteiger partial charge in [0.2, 0.25) is 0 Å². The Kier molecular flexibility index (Phi) is 4.00. The molecule has 0 aliphatic heterocycles. The van der Waals surface area contributed by atoms with Crippen LogP contribution in [0.15, 0.2) is 36.5 Å². The van der Waals surface area contributed by atoms with Gasteiger partial charge >= 0.3 is 5.97 Å². The number of nitrogens with one attached hydrogen (secondary N) is 1. The molecule has 2 aromatic rings. The molecule has 5 nitrogen and oxygen atoms in total. The number of carbonyl (C=O) groups is 2. The van der Waals surface area contributed by atoms with E-state index in [4.69, 9.17) is 16.7 Å². The van der Waals surface area contributed by atoms with Gasteiger partial charge in [-0.25, -0.2) is 4.79 Å². The number of carboxylic acids is 1. The number of hydrogen-bond donors (Lipinski definition) is 2. The number of carboxylic acid groups (broad SMARTS) is 1. The molecule has 0 bridgehead atoms. The SMILES string of the molecule is Cc1ccc(NC(=O)c2ncccc2C(=O)O)cc1Cl. The first kappa shape index (κ1) is 14.0. The van der Waals surface area contributed by atoms with E-state index in [0.29, 0.717) is 10.7 Å². The van der Waals surface area contributed by atoms with Gasteiger partial charge in [-0.05, 0) is 36.8 Å². The fourth-order valence-corrected chi connectivity index (χ4v) is 1.80. The molecule has 0 saturated carbocycles. The molecule has 0 spiro atoms. The predicted molar refractivity (Wildman–Crippen MR) is 75.3 cm³/mol. The predicted octanol–water partition coefficient (Wildman–Crippen LogP) is 2.99. The number of rotatable bonds is 3. The van der Waals surface area contributed by atoms with Gasteiger partial charge in [-0.3, -0.25) is 9.78 Å². The molecule has 1 aromatic carbocycles. The van der Waals surface area contributed by atoms with Crippen LogP contribution < -0.4 is 5.32 Å². The van der Waals surface area contributed by atoms with Crippen molar-refractivity contribution in [2.45, 2.75) is 6.92 Å². The first-order valence-corrected chi connectivity index (χ1v) is 6.12. The number of anilines is 1. The largest absolute Gasteiger partial charge is 0.478 e. The number of benzene rings is 1. The van der Waals surface area contributed by atoms with Crippen molar-refractivity contribution in [3.8, 4) is 0 Å². The van der Waals surface area contributed by atoms with Crippen molar-refractivity contribution in [3.63, 3.8) is 0 Å². The molecule has 0 unspecified atom stereocenters. The third-order valence-electron chi connectivity index (χ3n) is 2.68. The molecule has 0 radical (unpaired) electrons. The third-order valence-corrected chi connectivity index (χ3v) is 3.09. The highest BCUT2D eigenvalue weighted by molar-refractivity contribution is 6.31. The fourth-order valence-electron chi connectivity index (χ4n) is 1.62. The Morgan fingerprint density at radius 3 is 2.70 bits per heavy atom. The number of nitrogens with zero attached hydrogens (tertiary/aromatic N) is 1. The number of aromatic nitrogens is 1. The van der Waals surface area contributed by atoms with Crippen LogP contribution in [0, 0.1) is 6.92 Å². The van der Waals surface area contributed by atoms with Gasteiger partial charge in [0.25, 0.3) is 5.91 Å². The number of hydrogen-bond acceptors (Lipinski definition) is 3. The highest BCUT2D eigenvalue weighted by Crippen LogP contribution is 2.20. The molecule has 0 fully saturated rings. The summed E-state index contributed by atoms with van der Waals surface area (Å²) in [4.78, 5) is 26.9. The van der Waals surface area contributed by atoms with E-state index in [0.717, 1.165) is 5.56 Å². The number of halogens is 1. The molecule has 6 heteroatoms. The monoisotopic (exact) mass is 290 g/mol. The second-order valence-electron chi connectivity index (χ2n) is 4.12. The van der Waals surface area contributed by atoms with Crippen LogP contribution in [-0.2, 0) is 0 Å². The van der Waals surface area contributed by atoms with Crippen LogP contribution in [0.25, 0.3) is 0 Å². The molecule has 0 atom stereocenters. The standard InChI is InChI=1S/C14H11ClN2O3/c1-8-4-5-9(7-11(8)15)17-13(18)12-10(14(19)20)3-2-6-16-12/h2-7H,1H3,(H,17,18)(H,19,20). The summed E-state index contributed by atoms with van der Waals surface area (Å²) < 4.78 is 0. The second-order valence-corrected chi connectivity index (χ2v) is 4.53. The molecule has 1 aromatic heterocycles. The summed E-state index contributed by atoms with van der Waals surface area (Å²) in [5, 5.41) is 12.1. The van der Waals surface area contributed by atoms with E-state index in [2.05, 4.69) is 10.3 Å². The van der Waals surface area contributed by atoms with Crippen LogP contribution in [-0.4, -0.2) is 22.0 Å². The molecule has 1 heterocycles. The van der Waals surface area contributed by atoms with Crippen molar-refractivity contribution >= 4 is 29.2 Å². The molecule has 1 amide bonds. The smallest absolute Gasteiger partial charge is 0.338 e. The van der Waals surface area contributed by atoms with E-state index in [1.165, 1.54) is 18.3 Å². The van der Waals surface area contributed by atoms with Gasteiger partial charge < -0.3 is 10.4 Å². The second kappa shape index (κ2) is 5.71. The van der Waals surface area contributed by atoms with Crippen molar-refractivity contribution in [2.75, 3.05) is 5.32 Å². The Labute approximate surface area is 120 Å². The summed E-state index contributed by atoms with van der Waals surface area (Å²) >= 11 is 5.96. The number of aryl methyl sites for hydroxylation is 1. The van der Waals surface area contributed by atoms with Gasteiger partial charge in [0.15, 0.2) is 0 Å². The Morgan fingerprint density at radius 1 is 1.30 bits per heavy atom. The minimum Gasteiger partial charge on any atom is -0.478 e. The van der Waals surface area contributed by atoms with Gasteiger partial charge in [0, 0.05) is 16.9 Å². The van der Waals surface area contributed by atoms with E-state index in [9.17, 15) is 9.59 Å². The minimum absolute atomic E-state index is 0.142. The molecule has 20 heavy (non-hydrogen) atoms. The highest BCUT2D eigenvalue weighted by atomic mass is 35.5. The van der Waals surface area contributed by atoms with Gasteiger partial charge in [-0.15, -0.1) is 0 Å². The van der Waals surface area contributed by atoms with Crippen LogP contribution in [0.2, 0.25) is 5.02 Å². The van der Waals surface area contributed by atoms with Gasteiger partial charge in [-0.2, -0.15) is 0 Å². The van der Waals surface area contributed by atoms with Crippen molar-refractivity contribution < 1.29 is 14.7 Å². The first-order valence-electron chi connectivity index (χ1n) is 5.75. The summed E-state index contributed by atoms with van der Waals surface area (Å²) in [5.74, 6) is -1.80. The van der Waals surface area contributed by atoms with Gasteiger partial charge in [-0.1, -0.05) is 17.7 Å². The number of pyridine rings is 1. The normalized spacial score (nSPS) is 10.1. The van der Waals surface area contributed by atoms with Crippen molar-refractivity contribution in [1.29, 1.82) is 0 Å².